The molecule has 132 valence electrons. The minimum Gasteiger partial charge on any atom is -0.369 e. The van der Waals surface area contributed by atoms with Crippen LogP contribution < -0.4 is 0 Å². The van der Waals surface area contributed by atoms with E-state index in [1.807, 2.05) is 27.7 Å². The predicted molar refractivity (Wildman–Crippen MR) is 74.8 cm³/mol. The van der Waals surface area contributed by atoms with Gasteiger partial charge in [0, 0.05) is 5.56 Å². The van der Waals surface area contributed by atoms with Crippen molar-refractivity contribution >= 4 is 0 Å². The van der Waals surface area contributed by atoms with Crippen LogP contribution in [-0.4, -0.2) is 17.5 Å². The summed E-state index contributed by atoms with van der Waals surface area (Å²) in [5, 5.41) is 9.31. The van der Waals surface area contributed by atoms with Gasteiger partial charge in [-0.25, -0.2) is 0 Å². The zero-order valence-corrected chi connectivity index (χ0v) is 13.3. The lowest BCUT2D eigenvalue weighted by molar-refractivity contribution is -0.376. The topological polar surface area (TPSA) is 20.2 Å². The van der Waals surface area contributed by atoms with Crippen LogP contribution in [0.5, 0.6) is 0 Å². The van der Waals surface area contributed by atoms with Crippen LogP contribution in [0.2, 0.25) is 0 Å². The molecule has 1 aromatic carbocycles. The van der Waals surface area contributed by atoms with E-state index in [0.717, 1.165) is 0 Å². The quantitative estimate of drug-likeness (QED) is 0.747. The van der Waals surface area contributed by atoms with Gasteiger partial charge in [0.2, 0.25) is 0 Å². The molecule has 23 heavy (non-hydrogen) atoms. The van der Waals surface area contributed by atoms with E-state index in [1.54, 1.807) is 0 Å². The van der Waals surface area contributed by atoms with E-state index in [-0.39, 0.29) is 11.3 Å². The van der Waals surface area contributed by atoms with Gasteiger partial charge in [-0.1, -0.05) is 52.0 Å². The van der Waals surface area contributed by atoms with Crippen LogP contribution in [0.1, 0.15) is 38.8 Å². The second kappa shape index (κ2) is 6.00. The highest BCUT2D eigenvalue weighted by Crippen LogP contribution is 2.50. The van der Waals surface area contributed by atoms with Gasteiger partial charge >= 0.3 is 12.4 Å². The van der Waals surface area contributed by atoms with Crippen molar-refractivity contribution in [2.24, 2.45) is 11.3 Å². The van der Waals surface area contributed by atoms with Gasteiger partial charge in [0.15, 0.2) is 0 Å². The van der Waals surface area contributed by atoms with E-state index >= 15 is 0 Å². The first-order chi connectivity index (χ1) is 10.1. The van der Waals surface area contributed by atoms with Gasteiger partial charge in [-0.15, -0.1) is 0 Å². The van der Waals surface area contributed by atoms with Crippen LogP contribution in [0.15, 0.2) is 24.3 Å². The third kappa shape index (κ3) is 4.00. The van der Waals surface area contributed by atoms with Gasteiger partial charge < -0.3 is 5.11 Å². The molecule has 0 saturated heterocycles. The van der Waals surface area contributed by atoms with Crippen molar-refractivity contribution in [3.63, 3.8) is 0 Å². The minimum absolute atomic E-state index is 0.0443. The highest BCUT2D eigenvalue weighted by atomic mass is 19.4. The zero-order valence-electron chi connectivity index (χ0n) is 13.3. The fourth-order valence-electron chi connectivity index (χ4n) is 2.03. The summed E-state index contributed by atoms with van der Waals surface area (Å²) in [6.07, 6.45) is -11.2. The van der Waals surface area contributed by atoms with Crippen LogP contribution in [0.25, 0.3) is 0 Å². The van der Waals surface area contributed by atoms with E-state index in [2.05, 4.69) is 0 Å². The summed E-state index contributed by atoms with van der Waals surface area (Å²) < 4.78 is 76.7. The highest BCUT2D eigenvalue weighted by Gasteiger charge is 2.71. The molecule has 0 amide bonds. The molecule has 0 fully saturated rings. The van der Waals surface area contributed by atoms with Crippen LogP contribution in [0, 0.1) is 11.3 Å². The summed E-state index contributed by atoms with van der Waals surface area (Å²) in [5.74, 6) is 0.178. The Morgan fingerprint density at radius 3 is 1.57 bits per heavy atom. The van der Waals surface area contributed by atoms with Crippen molar-refractivity contribution in [1.82, 2.24) is 0 Å². The Hall–Kier alpha value is -1.24. The second-order valence-electron chi connectivity index (χ2n) is 6.87. The van der Waals surface area contributed by atoms with Crippen LogP contribution >= 0.6 is 0 Å². The first-order valence-corrected chi connectivity index (χ1v) is 7.06. The number of hydrogen-bond acceptors (Lipinski definition) is 1. The summed E-state index contributed by atoms with van der Waals surface area (Å²) in [6, 6.07) is 3.76. The molecular weight excluding hydrogens is 322 g/mol. The van der Waals surface area contributed by atoms with Gasteiger partial charge in [0.25, 0.3) is 5.60 Å². The molecule has 0 bridgehead atoms. The lowest BCUT2D eigenvalue weighted by Gasteiger charge is -2.33. The molecule has 0 spiro atoms. The van der Waals surface area contributed by atoms with Crippen molar-refractivity contribution in [3.8, 4) is 0 Å². The fraction of sp³-hybridized carbons (Fsp3) is 0.625. The van der Waals surface area contributed by atoms with E-state index in [0.29, 0.717) is 24.1 Å². The Morgan fingerprint density at radius 1 is 0.870 bits per heavy atom. The summed E-state index contributed by atoms with van der Waals surface area (Å²) >= 11 is 0. The number of rotatable bonds is 3. The summed E-state index contributed by atoms with van der Waals surface area (Å²) in [4.78, 5) is 0. The first kappa shape index (κ1) is 19.8. The Balaban J connectivity index is 3.16. The molecule has 0 radical (unpaired) electrons. The number of alkyl halides is 6. The summed E-state index contributed by atoms with van der Waals surface area (Å²) in [7, 11) is 0. The Bertz CT molecular complexity index is 507. The molecule has 1 N–H and O–H groups in total. The van der Waals surface area contributed by atoms with E-state index in [9.17, 15) is 31.4 Å². The monoisotopic (exact) mass is 342 g/mol. The lowest BCUT2D eigenvalue weighted by Crippen LogP contribution is -2.53. The Labute approximate surface area is 131 Å². The van der Waals surface area contributed by atoms with Crippen molar-refractivity contribution in [3.05, 3.63) is 35.4 Å². The van der Waals surface area contributed by atoms with Gasteiger partial charge in [0.05, 0.1) is 0 Å². The van der Waals surface area contributed by atoms with Crippen molar-refractivity contribution in [1.29, 1.82) is 0 Å². The fourth-order valence-corrected chi connectivity index (χ4v) is 2.03. The molecule has 0 aliphatic rings. The molecule has 0 aliphatic carbocycles. The maximum absolute atomic E-state index is 12.8. The number of aliphatic hydroxyl groups is 1. The number of hydrogen-bond donors (Lipinski definition) is 1. The van der Waals surface area contributed by atoms with Crippen LogP contribution in [-0.2, 0) is 12.0 Å². The normalized spacial score (nSPS) is 15.6. The van der Waals surface area contributed by atoms with Gasteiger partial charge in [0.1, 0.15) is 0 Å². The lowest BCUT2D eigenvalue weighted by atomic mass is 9.78. The Kier molecular flexibility index (Phi) is 5.17. The van der Waals surface area contributed by atoms with Crippen molar-refractivity contribution in [2.45, 2.75) is 52.1 Å². The maximum Gasteiger partial charge on any atom is 0.430 e. The largest absolute Gasteiger partial charge is 0.430 e. The van der Waals surface area contributed by atoms with Crippen LogP contribution in [0.4, 0.5) is 26.3 Å². The molecule has 1 rings (SSSR count). The smallest absolute Gasteiger partial charge is 0.369 e. The molecule has 1 unspecified atom stereocenters. The highest BCUT2D eigenvalue weighted by molar-refractivity contribution is 5.30. The summed E-state index contributed by atoms with van der Waals surface area (Å²) in [5.41, 5.74) is -5.53. The standard InChI is InChI=1S/C16H20F6O/c1-10(13(2,3)4)9-11-5-7-12(8-6-11)14(23,15(17,18)19)16(20,21)22/h5-8,10,23H,9H2,1-4H3. The third-order valence-corrected chi connectivity index (χ3v) is 4.21. The third-order valence-electron chi connectivity index (χ3n) is 4.21. The summed E-state index contributed by atoms with van der Waals surface area (Å²) in [6.45, 7) is 7.95. The van der Waals surface area contributed by atoms with Gasteiger partial charge in [-0.3, -0.25) is 0 Å². The van der Waals surface area contributed by atoms with E-state index in [4.69, 9.17) is 0 Å². The van der Waals surface area contributed by atoms with Crippen molar-refractivity contribution in [2.75, 3.05) is 0 Å². The van der Waals surface area contributed by atoms with E-state index < -0.39 is 23.5 Å². The van der Waals surface area contributed by atoms with Gasteiger partial charge in [-0.2, -0.15) is 26.3 Å². The van der Waals surface area contributed by atoms with Crippen molar-refractivity contribution < 1.29 is 31.4 Å². The number of halogens is 6. The van der Waals surface area contributed by atoms with Crippen LogP contribution in [0.3, 0.4) is 0 Å². The zero-order chi connectivity index (χ0) is 18.3. The average Bonchev–Trinajstić information content (AvgIpc) is 2.34. The SMILES string of the molecule is CC(Cc1ccc(C(O)(C(F)(F)F)C(F)(F)F)cc1)C(C)(C)C. The number of benzene rings is 1. The maximum atomic E-state index is 12.8. The molecule has 0 aliphatic heterocycles. The second-order valence-corrected chi connectivity index (χ2v) is 6.87. The first-order valence-electron chi connectivity index (χ1n) is 7.06. The molecule has 0 heterocycles. The molecule has 1 atom stereocenters. The molecule has 0 aromatic heterocycles. The minimum atomic E-state index is -5.86. The molecule has 1 nitrogen and oxygen atoms in total. The molecular formula is C16H20F6O. The molecule has 0 saturated carbocycles. The average molecular weight is 342 g/mol. The molecule has 1 aromatic rings. The predicted octanol–water partition coefficient (Wildman–Crippen LogP) is 5.22. The Morgan fingerprint density at radius 2 is 1.26 bits per heavy atom. The van der Waals surface area contributed by atoms with Gasteiger partial charge in [-0.05, 0) is 23.3 Å². The molecule has 7 heteroatoms. The van der Waals surface area contributed by atoms with E-state index in [1.165, 1.54) is 12.1 Å².